The first-order valence-corrected chi connectivity index (χ1v) is 13.8. The lowest BCUT2D eigenvalue weighted by Crippen LogP contribution is -2.12. The summed E-state index contributed by atoms with van der Waals surface area (Å²) >= 11 is 6.70. The van der Waals surface area contributed by atoms with Gasteiger partial charge < -0.3 is 0 Å². The summed E-state index contributed by atoms with van der Waals surface area (Å²) in [6.07, 6.45) is 0. The van der Waals surface area contributed by atoms with E-state index in [1.165, 1.54) is 5.56 Å². The van der Waals surface area contributed by atoms with Gasteiger partial charge in [0.15, 0.2) is 0 Å². The Balaban J connectivity index is 1.72. The summed E-state index contributed by atoms with van der Waals surface area (Å²) in [6.45, 7) is 10.4. The lowest BCUT2D eigenvalue weighted by Gasteiger charge is -2.14. The Hall–Kier alpha value is -4.34. The van der Waals surface area contributed by atoms with Crippen molar-refractivity contribution in [2.24, 2.45) is 9.98 Å². The third kappa shape index (κ3) is 5.95. The van der Waals surface area contributed by atoms with Gasteiger partial charge in [-0.15, -0.1) is 0 Å². The van der Waals surface area contributed by atoms with Crippen molar-refractivity contribution in [1.82, 2.24) is 4.98 Å². The van der Waals surface area contributed by atoms with Crippen molar-refractivity contribution in [1.29, 1.82) is 0 Å². The van der Waals surface area contributed by atoms with Crippen molar-refractivity contribution in [3.63, 3.8) is 0 Å². The standard InChI is InChI=1S/C36H32ClN3/c1-23-19-25(3)33(26(4)20-23)39-35(28-13-8-6-9-14-28)31-17-12-18-32(38-31)36(29-15-10-7-11-16-29)40-34-27(5)21-24(2)22-30(34)37/h6-22H,1-5H3/b39-35+,40-36+. The fourth-order valence-corrected chi connectivity index (χ4v) is 5.42. The summed E-state index contributed by atoms with van der Waals surface area (Å²) in [7, 11) is 0. The van der Waals surface area contributed by atoms with Gasteiger partial charge in [0.05, 0.1) is 39.2 Å². The molecule has 0 spiro atoms. The molecule has 0 aliphatic carbocycles. The van der Waals surface area contributed by atoms with E-state index in [9.17, 15) is 0 Å². The van der Waals surface area contributed by atoms with Crippen molar-refractivity contribution < 1.29 is 0 Å². The van der Waals surface area contributed by atoms with E-state index in [1.54, 1.807) is 0 Å². The number of nitrogens with zero attached hydrogens (tertiary/aromatic N) is 3. The summed E-state index contributed by atoms with van der Waals surface area (Å²) in [6, 6.07) is 34.8. The average Bonchev–Trinajstić information content (AvgIpc) is 2.93. The Kier molecular flexibility index (Phi) is 8.04. The third-order valence-corrected chi connectivity index (χ3v) is 7.10. The maximum Gasteiger partial charge on any atom is 0.0966 e. The van der Waals surface area contributed by atoms with Gasteiger partial charge in [-0.3, -0.25) is 0 Å². The van der Waals surface area contributed by atoms with E-state index >= 15 is 0 Å². The second-order valence-corrected chi connectivity index (χ2v) is 10.6. The topological polar surface area (TPSA) is 37.6 Å². The minimum atomic E-state index is 0.624. The van der Waals surface area contributed by atoms with Crippen LogP contribution in [0.1, 0.15) is 50.3 Å². The molecule has 1 heterocycles. The van der Waals surface area contributed by atoms with Crippen molar-refractivity contribution >= 4 is 34.4 Å². The maximum atomic E-state index is 6.70. The first kappa shape index (κ1) is 27.2. The number of rotatable bonds is 6. The van der Waals surface area contributed by atoms with Gasteiger partial charge in [0, 0.05) is 11.1 Å². The van der Waals surface area contributed by atoms with E-state index in [2.05, 4.69) is 63.2 Å². The summed E-state index contributed by atoms with van der Waals surface area (Å²) in [4.78, 5) is 15.5. The van der Waals surface area contributed by atoms with E-state index < -0.39 is 0 Å². The van der Waals surface area contributed by atoms with Crippen LogP contribution in [0.4, 0.5) is 11.4 Å². The molecule has 0 atom stereocenters. The van der Waals surface area contributed by atoms with Gasteiger partial charge in [-0.1, -0.05) is 102 Å². The smallest absolute Gasteiger partial charge is 0.0966 e. The molecule has 0 N–H and O–H groups in total. The highest BCUT2D eigenvalue weighted by atomic mass is 35.5. The summed E-state index contributed by atoms with van der Waals surface area (Å²) < 4.78 is 0. The van der Waals surface area contributed by atoms with Crippen LogP contribution in [-0.4, -0.2) is 16.4 Å². The molecule has 0 unspecified atom stereocenters. The molecule has 5 aromatic rings. The van der Waals surface area contributed by atoms with E-state index in [0.717, 1.165) is 67.6 Å². The SMILES string of the molecule is Cc1cc(C)c(/N=C(\c2ccccc2)c2cccc(/C(=N/c3c(C)cc(C)cc3Cl)c3ccccc3)n2)c(C)c1. The predicted octanol–water partition coefficient (Wildman–Crippen LogP) is 9.62. The first-order valence-electron chi connectivity index (χ1n) is 13.4. The lowest BCUT2D eigenvalue weighted by molar-refractivity contribution is 1.23. The fourth-order valence-electron chi connectivity index (χ4n) is 5.05. The molecule has 4 heteroatoms. The zero-order valence-electron chi connectivity index (χ0n) is 23.5. The summed E-state index contributed by atoms with van der Waals surface area (Å²) in [5.41, 5.74) is 12.4. The molecule has 0 aliphatic rings. The fraction of sp³-hybridized carbons (Fsp3) is 0.139. The molecule has 0 fully saturated rings. The molecule has 5 rings (SSSR count). The van der Waals surface area contributed by atoms with Crippen molar-refractivity contribution in [3.05, 3.63) is 158 Å². The highest BCUT2D eigenvalue weighted by Crippen LogP contribution is 2.32. The van der Waals surface area contributed by atoms with Crippen molar-refractivity contribution in [2.75, 3.05) is 0 Å². The number of pyridine rings is 1. The van der Waals surface area contributed by atoms with E-state index in [0.29, 0.717) is 5.02 Å². The van der Waals surface area contributed by atoms with Crippen LogP contribution in [0.25, 0.3) is 0 Å². The normalized spacial score (nSPS) is 12.1. The number of aliphatic imine (C=N–C) groups is 2. The number of aromatic nitrogens is 1. The molecule has 198 valence electrons. The van der Waals surface area contributed by atoms with Crippen LogP contribution < -0.4 is 0 Å². The van der Waals surface area contributed by atoms with Gasteiger partial charge >= 0.3 is 0 Å². The quantitative estimate of drug-likeness (QED) is 0.197. The van der Waals surface area contributed by atoms with Crippen LogP contribution in [0.2, 0.25) is 5.02 Å². The molecule has 0 saturated carbocycles. The van der Waals surface area contributed by atoms with Crippen molar-refractivity contribution in [2.45, 2.75) is 34.6 Å². The predicted molar refractivity (Wildman–Crippen MR) is 169 cm³/mol. The van der Waals surface area contributed by atoms with Gasteiger partial charge in [-0.2, -0.15) is 0 Å². The molecule has 0 bridgehead atoms. The largest absolute Gasteiger partial charge is 0.246 e. The van der Waals surface area contributed by atoms with E-state index in [-0.39, 0.29) is 0 Å². The van der Waals surface area contributed by atoms with Gasteiger partial charge in [0.25, 0.3) is 0 Å². The second kappa shape index (κ2) is 11.8. The maximum absolute atomic E-state index is 6.70. The van der Waals surface area contributed by atoms with E-state index in [1.807, 2.05) is 74.5 Å². The number of aryl methyl sites for hydroxylation is 5. The van der Waals surface area contributed by atoms with Gasteiger partial charge in [0.1, 0.15) is 0 Å². The van der Waals surface area contributed by atoms with Crippen LogP contribution in [0, 0.1) is 34.6 Å². The number of halogens is 1. The number of hydrogen-bond donors (Lipinski definition) is 0. The number of hydrogen-bond acceptors (Lipinski definition) is 3. The molecule has 0 aliphatic heterocycles. The van der Waals surface area contributed by atoms with Crippen LogP contribution in [0.15, 0.2) is 113 Å². The molecule has 0 saturated heterocycles. The first-order chi connectivity index (χ1) is 19.3. The minimum absolute atomic E-state index is 0.624. The zero-order valence-corrected chi connectivity index (χ0v) is 24.3. The Bertz CT molecular complexity index is 1560. The zero-order chi connectivity index (χ0) is 28.2. The highest BCUT2D eigenvalue weighted by molar-refractivity contribution is 6.33. The minimum Gasteiger partial charge on any atom is -0.246 e. The molecular formula is C36H32ClN3. The van der Waals surface area contributed by atoms with Crippen molar-refractivity contribution in [3.8, 4) is 0 Å². The van der Waals surface area contributed by atoms with Crippen LogP contribution >= 0.6 is 11.6 Å². The van der Waals surface area contributed by atoms with Crippen LogP contribution in [0.3, 0.4) is 0 Å². The lowest BCUT2D eigenvalue weighted by atomic mass is 10.0. The van der Waals surface area contributed by atoms with Gasteiger partial charge in [-0.05, 0) is 75.1 Å². The van der Waals surface area contributed by atoms with Crippen LogP contribution in [0.5, 0.6) is 0 Å². The van der Waals surface area contributed by atoms with E-state index in [4.69, 9.17) is 26.6 Å². The van der Waals surface area contributed by atoms with Gasteiger partial charge in [0.2, 0.25) is 0 Å². The summed E-state index contributed by atoms with van der Waals surface area (Å²) in [5, 5.41) is 0.624. The Labute approximate surface area is 242 Å². The molecule has 3 nitrogen and oxygen atoms in total. The Morgan fingerprint density at radius 3 is 1.43 bits per heavy atom. The summed E-state index contributed by atoms with van der Waals surface area (Å²) in [5.74, 6) is 0. The second-order valence-electron chi connectivity index (χ2n) is 10.2. The highest BCUT2D eigenvalue weighted by Gasteiger charge is 2.16. The molecule has 40 heavy (non-hydrogen) atoms. The Morgan fingerprint density at radius 2 is 0.950 bits per heavy atom. The molecule has 4 aromatic carbocycles. The molecular weight excluding hydrogens is 510 g/mol. The average molecular weight is 542 g/mol. The van der Waals surface area contributed by atoms with Crippen LogP contribution in [-0.2, 0) is 0 Å². The molecule has 0 amide bonds. The Morgan fingerprint density at radius 1 is 0.525 bits per heavy atom. The van der Waals surface area contributed by atoms with Gasteiger partial charge in [-0.25, -0.2) is 15.0 Å². The molecule has 0 radical (unpaired) electrons. The number of benzene rings is 4. The third-order valence-electron chi connectivity index (χ3n) is 6.81. The molecule has 1 aromatic heterocycles. The monoisotopic (exact) mass is 541 g/mol.